The fourth-order valence-electron chi connectivity index (χ4n) is 4.79. The molecule has 4 rings (SSSR count). The Hall–Kier alpha value is -1.73. The molecule has 1 aliphatic carbocycles. The van der Waals surface area contributed by atoms with Crippen molar-refractivity contribution in [1.82, 2.24) is 9.55 Å². The van der Waals surface area contributed by atoms with E-state index in [2.05, 4.69) is 11.9 Å². The van der Waals surface area contributed by atoms with E-state index in [0.29, 0.717) is 19.0 Å². The largest absolute Gasteiger partial charge is 0.425 e. The van der Waals surface area contributed by atoms with E-state index in [-0.39, 0.29) is 32.8 Å². The first-order valence-corrected chi connectivity index (χ1v) is 10.2. The van der Waals surface area contributed by atoms with Gasteiger partial charge in [-0.25, -0.2) is 4.98 Å². The molecule has 2 aliphatic rings. The molecule has 0 spiro atoms. The van der Waals surface area contributed by atoms with E-state index >= 15 is 0 Å². The van der Waals surface area contributed by atoms with Crippen molar-refractivity contribution in [2.24, 2.45) is 11.3 Å². The number of nitrogens with zero attached hydrogens (tertiary/aromatic N) is 3. The molecule has 4 nitrogen and oxygen atoms in total. The van der Waals surface area contributed by atoms with E-state index in [9.17, 15) is 18.0 Å². The van der Waals surface area contributed by atoms with Gasteiger partial charge < -0.3 is 4.90 Å². The van der Waals surface area contributed by atoms with Gasteiger partial charge in [0.05, 0.1) is 15.7 Å². The minimum absolute atomic E-state index is 0.00487. The van der Waals surface area contributed by atoms with Crippen molar-refractivity contribution in [3.8, 4) is 5.69 Å². The van der Waals surface area contributed by atoms with Crippen molar-refractivity contribution >= 4 is 29.0 Å². The lowest BCUT2D eigenvalue weighted by Crippen LogP contribution is -2.36. The SMILES string of the molecule is Cc1nc(N2C[C@H]3CCC[C@@]3(C)C2)c(C(F)(F)F)c(=O)n1-c1cccc(Cl)c1Cl. The maximum atomic E-state index is 14.0. The molecule has 2 heterocycles. The molecule has 1 aromatic carbocycles. The molecule has 156 valence electrons. The Labute approximate surface area is 176 Å². The molecular weight excluding hydrogens is 426 g/mol. The number of fused-ring (bicyclic) bond motifs is 1. The maximum absolute atomic E-state index is 14.0. The molecule has 0 unspecified atom stereocenters. The van der Waals surface area contributed by atoms with Crippen molar-refractivity contribution in [2.75, 3.05) is 18.0 Å². The van der Waals surface area contributed by atoms with Gasteiger partial charge in [-0.15, -0.1) is 0 Å². The van der Waals surface area contributed by atoms with Crippen LogP contribution in [0.15, 0.2) is 23.0 Å². The van der Waals surface area contributed by atoms with Crippen LogP contribution in [0.25, 0.3) is 5.69 Å². The second-order valence-corrected chi connectivity index (χ2v) is 8.98. The monoisotopic (exact) mass is 445 g/mol. The average molecular weight is 446 g/mol. The average Bonchev–Trinajstić information content (AvgIpc) is 3.11. The van der Waals surface area contributed by atoms with Gasteiger partial charge >= 0.3 is 6.18 Å². The summed E-state index contributed by atoms with van der Waals surface area (Å²) in [5.74, 6) is 0.157. The molecule has 2 fully saturated rings. The molecule has 2 aromatic rings. The zero-order valence-electron chi connectivity index (χ0n) is 16.0. The first-order valence-electron chi connectivity index (χ1n) is 9.43. The van der Waals surface area contributed by atoms with E-state index in [0.717, 1.165) is 23.8 Å². The van der Waals surface area contributed by atoms with Crippen LogP contribution in [-0.4, -0.2) is 22.6 Å². The number of benzene rings is 1. The van der Waals surface area contributed by atoms with Crippen LogP contribution in [0.3, 0.4) is 0 Å². The van der Waals surface area contributed by atoms with E-state index < -0.39 is 17.3 Å². The zero-order valence-corrected chi connectivity index (χ0v) is 17.5. The van der Waals surface area contributed by atoms with Crippen molar-refractivity contribution in [3.63, 3.8) is 0 Å². The second-order valence-electron chi connectivity index (χ2n) is 8.19. The maximum Gasteiger partial charge on any atom is 0.425 e. The lowest BCUT2D eigenvalue weighted by Gasteiger charge is -2.26. The number of alkyl halides is 3. The molecule has 9 heteroatoms. The molecule has 0 N–H and O–H groups in total. The number of hydrogen-bond acceptors (Lipinski definition) is 3. The Bertz CT molecular complexity index is 1040. The molecule has 0 radical (unpaired) electrons. The van der Waals surface area contributed by atoms with Crippen LogP contribution >= 0.6 is 23.2 Å². The van der Waals surface area contributed by atoms with Gasteiger partial charge in [0.2, 0.25) is 0 Å². The van der Waals surface area contributed by atoms with Gasteiger partial charge in [0.15, 0.2) is 5.56 Å². The van der Waals surface area contributed by atoms with Crippen LogP contribution in [0.4, 0.5) is 19.0 Å². The van der Waals surface area contributed by atoms with Crippen molar-refractivity contribution in [1.29, 1.82) is 0 Å². The predicted octanol–water partition coefficient (Wildman–Crippen LogP) is 5.49. The summed E-state index contributed by atoms with van der Waals surface area (Å²) in [6, 6.07) is 4.48. The molecular formula is C20H20Cl2F3N3O. The Balaban J connectivity index is 1.91. The van der Waals surface area contributed by atoms with Crippen LogP contribution in [0.2, 0.25) is 10.0 Å². The molecule has 0 bridgehead atoms. The minimum atomic E-state index is -4.85. The summed E-state index contributed by atoms with van der Waals surface area (Å²) >= 11 is 12.2. The zero-order chi connectivity index (χ0) is 21.1. The number of anilines is 1. The highest BCUT2D eigenvalue weighted by atomic mass is 35.5. The van der Waals surface area contributed by atoms with Gasteiger partial charge in [0, 0.05) is 13.1 Å². The third kappa shape index (κ3) is 3.32. The van der Waals surface area contributed by atoms with Gasteiger partial charge in [-0.1, -0.05) is 42.6 Å². The Kier molecular flexibility index (Phi) is 4.89. The number of aryl methyl sites for hydroxylation is 1. The molecule has 1 saturated carbocycles. The molecule has 1 aromatic heterocycles. The Morgan fingerprint density at radius 1 is 1.28 bits per heavy atom. The quantitative estimate of drug-likeness (QED) is 0.612. The number of aromatic nitrogens is 2. The highest BCUT2D eigenvalue weighted by Crippen LogP contribution is 2.50. The number of halogens is 5. The highest BCUT2D eigenvalue weighted by molar-refractivity contribution is 6.43. The van der Waals surface area contributed by atoms with Gasteiger partial charge in [0.1, 0.15) is 11.6 Å². The van der Waals surface area contributed by atoms with E-state index in [1.54, 1.807) is 4.90 Å². The van der Waals surface area contributed by atoms with Crippen LogP contribution < -0.4 is 10.5 Å². The van der Waals surface area contributed by atoms with E-state index in [1.165, 1.54) is 25.1 Å². The highest BCUT2D eigenvalue weighted by Gasteiger charge is 2.49. The second kappa shape index (κ2) is 6.91. The first kappa shape index (κ1) is 20.5. The normalized spacial score (nSPS) is 24.2. The van der Waals surface area contributed by atoms with Crippen molar-refractivity contribution < 1.29 is 13.2 Å². The Morgan fingerprint density at radius 3 is 2.66 bits per heavy atom. The number of hydrogen-bond donors (Lipinski definition) is 0. The van der Waals surface area contributed by atoms with Crippen LogP contribution in [0.1, 0.15) is 37.6 Å². The molecule has 29 heavy (non-hydrogen) atoms. The third-order valence-electron chi connectivity index (χ3n) is 6.27. The summed E-state index contributed by atoms with van der Waals surface area (Å²) in [6.07, 6.45) is -1.80. The van der Waals surface area contributed by atoms with Crippen LogP contribution in [0.5, 0.6) is 0 Å². The lowest BCUT2D eigenvalue weighted by molar-refractivity contribution is -0.138. The van der Waals surface area contributed by atoms with Gasteiger partial charge in [-0.3, -0.25) is 9.36 Å². The summed E-state index contributed by atoms with van der Waals surface area (Å²) in [7, 11) is 0. The molecule has 1 aliphatic heterocycles. The summed E-state index contributed by atoms with van der Waals surface area (Å²) in [5.41, 5.74) is -2.41. The van der Waals surface area contributed by atoms with Crippen LogP contribution in [0, 0.1) is 18.3 Å². The summed E-state index contributed by atoms with van der Waals surface area (Å²) in [4.78, 5) is 19.0. The summed E-state index contributed by atoms with van der Waals surface area (Å²) in [5, 5.41) is 0.152. The number of rotatable bonds is 2. The fraction of sp³-hybridized carbons (Fsp3) is 0.500. The van der Waals surface area contributed by atoms with E-state index in [1.807, 2.05) is 0 Å². The van der Waals surface area contributed by atoms with E-state index in [4.69, 9.17) is 23.2 Å². The predicted molar refractivity (Wildman–Crippen MR) is 107 cm³/mol. The smallest absolute Gasteiger partial charge is 0.355 e. The van der Waals surface area contributed by atoms with Gasteiger partial charge in [-0.05, 0) is 43.2 Å². The topological polar surface area (TPSA) is 38.1 Å². The van der Waals surface area contributed by atoms with Gasteiger partial charge in [0.25, 0.3) is 5.56 Å². The molecule has 2 atom stereocenters. The molecule has 1 saturated heterocycles. The summed E-state index contributed by atoms with van der Waals surface area (Å²) in [6.45, 7) is 4.56. The summed E-state index contributed by atoms with van der Waals surface area (Å²) < 4.78 is 42.9. The lowest BCUT2D eigenvalue weighted by atomic mass is 9.83. The minimum Gasteiger partial charge on any atom is -0.355 e. The standard InChI is InChI=1S/C20H20Cl2F3N3O/c1-11-26-17(27-9-12-5-4-8-19(12,2)10-27)15(20(23,24)25)18(29)28(11)14-7-3-6-13(21)16(14)22/h3,6-7,12H,4-5,8-10H2,1-2H3/t12-,19+/m1/s1. The fourth-order valence-corrected chi connectivity index (χ4v) is 5.17. The Morgan fingerprint density at radius 2 is 2.00 bits per heavy atom. The van der Waals surface area contributed by atoms with Gasteiger partial charge in [-0.2, -0.15) is 13.2 Å². The van der Waals surface area contributed by atoms with Crippen molar-refractivity contribution in [2.45, 2.75) is 39.3 Å². The van der Waals surface area contributed by atoms with Crippen molar-refractivity contribution in [3.05, 3.63) is 50.0 Å². The molecule has 0 amide bonds. The first-order chi connectivity index (χ1) is 13.5. The van der Waals surface area contributed by atoms with Crippen LogP contribution in [-0.2, 0) is 6.18 Å². The third-order valence-corrected chi connectivity index (χ3v) is 7.07.